The molecular formula is C20H30O5P2. The van der Waals surface area contributed by atoms with Gasteiger partial charge in [0, 0.05) is 0 Å². The van der Waals surface area contributed by atoms with Crippen LogP contribution in [-0.2, 0) is 4.31 Å². The van der Waals surface area contributed by atoms with Crippen molar-refractivity contribution >= 4 is 16.5 Å². The van der Waals surface area contributed by atoms with Crippen molar-refractivity contribution < 1.29 is 23.1 Å². The SMILES string of the molecule is CCCCC(CC)C[PH](Oc1ccccc1)(Oc1ccccc1)OP(O)O. The van der Waals surface area contributed by atoms with E-state index in [1.165, 1.54) is 0 Å². The normalized spacial score (nSPS) is 13.4. The molecule has 1 atom stereocenters. The van der Waals surface area contributed by atoms with E-state index in [9.17, 15) is 9.79 Å². The van der Waals surface area contributed by atoms with Crippen LogP contribution in [0.3, 0.4) is 0 Å². The minimum atomic E-state index is -3.45. The Morgan fingerprint density at radius 2 is 1.41 bits per heavy atom. The number of benzene rings is 2. The van der Waals surface area contributed by atoms with Crippen LogP contribution in [0, 0.1) is 5.92 Å². The third-order valence-corrected chi connectivity index (χ3v) is 8.27. The van der Waals surface area contributed by atoms with Crippen LogP contribution in [0.4, 0.5) is 0 Å². The summed E-state index contributed by atoms with van der Waals surface area (Å²) in [5.74, 6) is 1.52. The Hall–Kier alpha value is -1.22. The van der Waals surface area contributed by atoms with Gasteiger partial charge in [-0.2, -0.15) is 0 Å². The van der Waals surface area contributed by atoms with Crippen molar-refractivity contribution in [2.45, 2.75) is 39.5 Å². The first kappa shape index (κ1) is 22.1. The summed E-state index contributed by atoms with van der Waals surface area (Å²) >= 11 is 0. The van der Waals surface area contributed by atoms with Gasteiger partial charge >= 0.3 is 163 Å². The van der Waals surface area contributed by atoms with Crippen LogP contribution in [-0.4, -0.2) is 15.9 Å². The predicted molar refractivity (Wildman–Crippen MR) is 113 cm³/mol. The predicted octanol–water partition coefficient (Wildman–Crippen LogP) is 6.08. The third kappa shape index (κ3) is 7.73. The Morgan fingerprint density at radius 3 is 1.81 bits per heavy atom. The Bertz CT molecular complexity index is 598. The monoisotopic (exact) mass is 412 g/mol. The summed E-state index contributed by atoms with van der Waals surface area (Å²) in [7, 11) is -6.06. The van der Waals surface area contributed by atoms with E-state index in [0.717, 1.165) is 25.7 Å². The molecule has 27 heavy (non-hydrogen) atoms. The second-order valence-electron chi connectivity index (χ2n) is 6.48. The second kappa shape index (κ2) is 11.6. The van der Waals surface area contributed by atoms with Gasteiger partial charge in [-0.25, -0.2) is 0 Å². The van der Waals surface area contributed by atoms with E-state index in [4.69, 9.17) is 13.4 Å². The summed E-state index contributed by atoms with van der Waals surface area (Å²) < 4.78 is 18.1. The summed E-state index contributed by atoms with van der Waals surface area (Å²) in [4.78, 5) is 19.4. The zero-order valence-electron chi connectivity index (χ0n) is 16.0. The van der Waals surface area contributed by atoms with Crippen molar-refractivity contribution in [1.29, 1.82) is 0 Å². The molecule has 2 aromatic rings. The molecule has 0 heterocycles. The summed E-state index contributed by atoms with van der Waals surface area (Å²) in [6, 6.07) is 18.6. The zero-order chi connectivity index (χ0) is 19.5. The van der Waals surface area contributed by atoms with Crippen molar-refractivity contribution in [1.82, 2.24) is 0 Å². The van der Waals surface area contributed by atoms with Gasteiger partial charge in [0.1, 0.15) is 0 Å². The van der Waals surface area contributed by atoms with Crippen LogP contribution < -0.4 is 9.05 Å². The Labute approximate surface area is 163 Å². The van der Waals surface area contributed by atoms with Crippen LogP contribution in [0.15, 0.2) is 60.7 Å². The molecule has 7 heteroatoms. The molecule has 0 aliphatic heterocycles. The van der Waals surface area contributed by atoms with Gasteiger partial charge in [0.25, 0.3) is 0 Å². The molecule has 0 saturated carbocycles. The molecule has 2 aromatic carbocycles. The molecule has 0 bridgehead atoms. The van der Waals surface area contributed by atoms with Crippen LogP contribution >= 0.6 is 16.5 Å². The van der Waals surface area contributed by atoms with Crippen LogP contribution in [0.25, 0.3) is 0 Å². The molecule has 2 rings (SSSR count). The van der Waals surface area contributed by atoms with Crippen LogP contribution in [0.5, 0.6) is 11.5 Å². The Morgan fingerprint density at radius 1 is 0.889 bits per heavy atom. The van der Waals surface area contributed by atoms with Crippen molar-refractivity contribution in [2.75, 3.05) is 6.16 Å². The first-order valence-electron chi connectivity index (χ1n) is 9.42. The van der Waals surface area contributed by atoms with Gasteiger partial charge in [-0.1, -0.05) is 0 Å². The minimum absolute atomic E-state index is 0.319. The molecule has 0 amide bonds. The molecule has 0 aromatic heterocycles. The second-order valence-corrected chi connectivity index (χ2v) is 9.90. The first-order valence-corrected chi connectivity index (χ1v) is 12.5. The van der Waals surface area contributed by atoms with E-state index in [2.05, 4.69) is 13.8 Å². The van der Waals surface area contributed by atoms with Crippen molar-refractivity contribution in [3.05, 3.63) is 60.7 Å². The summed E-state index contributed by atoms with van der Waals surface area (Å²) in [5, 5.41) is 0. The number of hydrogen-bond donors (Lipinski definition) is 2. The molecule has 0 radical (unpaired) electrons. The average Bonchev–Trinajstić information content (AvgIpc) is 2.66. The fourth-order valence-corrected chi connectivity index (χ4v) is 6.93. The van der Waals surface area contributed by atoms with Crippen LogP contribution in [0.2, 0.25) is 0 Å². The van der Waals surface area contributed by atoms with Gasteiger partial charge in [0.2, 0.25) is 0 Å². The van der Waals surface area contributed by atoms with Gasteiger partial charge in [-0.05, 0) is 0 Å². The molecule has 0 aliphatic carbocycles. The Kier molecular flexibility index (Phi) is 9.47. The topological polar surface area (TPSA) is 68.2 Å². The van der Waals surface area contributed by atoms with Gasteiger partial charge in [-0.3, -0.25) is 0 Å². The molecule has 0 fully saturated rings. The maximum atomic E-state index is 9.68. The van der Waals surface area contributed by atoms with Crippen molar-refractivity contribution in [2.24, 2.45) is 5.92 Å². The summed E-state index contributed by atoms with van der Waals surface area (Å²) in [6.07, 6.45) is 4.71. The number of hydrogen-bond acceptors (Lipinski definition) is 5. The van der Waals surface area contributed by atoms with Gasteiger partial charge in [0.15, 0.2) is 0 Å². The zero-order valence-corrected chi connectivity index (χ0v) is 17.8. The molecule has 150 valence electrons. The molecule has 0 aliphatic rings. The van der Waals surface area contributed by atoms with Crippen molar-refractivity contribution in [3.8, 4) is 11.5 Å². The fraction of sp³-hybridized carbons (Fsp3) is 0.400. The molecule has 1 unspecified atom stereocenters. The number of unbranched alkanes of at least 4 members (excludes halogenated alkanes) is 1. The quantitative estimate of drug-likeness (QED) is 0.413. The first-order chi connectivity index (χ1) is 13.1. The standard InChI is InChI=1S/C20H30O5P2/c1-3-5-12-18(4-2)17-27(25-26(21)22,23-19-13-8-6-9-14-19)24-20-15-10-7-11-16-20/h6-11,13-16,18,21-22,27H,3-5,12,17H2,1-2H3. The molecular weight excluding hydrogens is 382 g/mol. The average molecular weight is 412 g/mol. The van der Waals surface area contributed by atoms with Crippen molar-refractivity contribution in [3.63, 3.8) is 0 Å². The van der Waals surface area contributed by atoms with E-state index >= 15 is 0 Å². The van der Waals surface area contributed by atoms with Gasteiger partial charge < -0.3 is 0 Å². The van der Waals surface area contributed by atoms with E-state index in [-0.39, 0.29) is 0 Å². The molecule has 2 N–H and O–H groups in total. The third-order valence-electron chi connectivity index (χ3n) is 4.34. The van der Waals surface area contributed by atoms with E-state index < -0.39 is 16.5 Å². The van der Waals surface area contributed by atoms with Crippen LogP contribution in [0.1, 0.15) is 39.5 Å². The fourth-order valence-electron chi connectivity index (χ4n) is 2.94. The molecule has 0 saturated heterocycles. The van der Waals surface area contributed by atoms with Gasteiger partial charge in [-0.15, -0.1) is 0 Å². The molecule has 0 spiro atoms. The summed E-state index contributed by atoms with van der Waals surface area (Å²) in [6.45, 7) is 4.29. The Balaban J connectivity index is 2.33. The van der Waals surface area contributed by atoms with Gasteiger partial charge in [0.05, 0.1) is 0 Å². The summed E-state index contributed by atoms with van der Waals surface area (Å²) in [5.41, 5.74) is 0. The van der Waals surface area contributed by atoms with E-state index in [1.807, 2.05) is 60.7 Å². The van der Waals surface area contributed by atoms with E-state index in [0.29, 0.717) is 23.6 Å². The number of para-hydroxylation sites is 2. The van der Waals surface area contributed by atoms with E-state index in [1.54, 1.807) is 0 Å². The maximum absolute atomic E-state index is 9.68. The number of rotatable bonds is 12. The molecule has 5 nitrogen and oxygen atoms in total.